The Balaban J connectivity index is 0.00000235. The van der Waals surface area contributed by atoms with Gasteiger partial charge in [0.15, 0.2) is 12.1 Å². The van der Waals surface area contributed by atoms with Crippen molar-refractivity contribution < 1.29 is 109 Å². The molecule has 3 heterocycles. The molecule has 0 spiro atoms. The van der Waals surface area contributed by atoms with Crippen LogP contribution in [0.5, 0.6) is 0 Å². The van der Waals surface area contributed by atoms with E-state index in [1.807, 2.05) is 13.0 Å². The Kier molecular flexibility index (Phi) is 27.8. The van der Waals surface area contributed by atoms with Crippen molar-refractivity contribution in [2.75, 3.05) is 0 Å². The van der Waals surface area contributed by atoms with Gasteiger partial charge in [-0.25, -0.2) is 9.36 Å². The first-order chi connectivity index (χ1) is 33.6. The Hall–Kier alpha value is -3.82. The number of hydrogen-bond donors (Lipinski definition) is 15. The Morgan fingerprint density at radius 3 is 1.69 bits per heavy atom. The minimum absolute atomic E-state index is 0.140. The molecular formula is C48H76NO22P. The third-order valence-electron chi connectivity index (χ3n) is 12.3. The average molecular weight is 1050 g/mol. The molecular weight excluding hydrogens is 973 g/mol. The van der Waals surface area contributed by atoms with Gasteiger partial charge in [0.2, 0.25) is 0 Å². The molecule has 0 aromatic rings. The SMILES string of the molecule is C[C@@H]1[C@H](O)[C@@H](C)/C=C/C=C/C=C/C=C/C=C/C=C/C=C/[C@H](O[C@@H]2O[C@H](C)[C@@H](O)[C@H](N)[C@@H]2O)CC2O[C@](O)(CC(O)C(O)CCC(O)CC(O)CC(O)CC(=O)O[C@H]1C)CC(O)C2C(=O)O.O=C(O)P(=O)(O)O. The summed E-state index contributed by atoms with van der Waals surface area (Å²) in [4.78, 5) is 49.6. The second-order valence-corrected chi connectivity index (χ2v) is 19.9. The van der Waals surface area contributed by atoms with Gasteiger partial charge in [-0.2, -0.15) is 0 Å². The van der Waals surface area contributed by atoms with E-state index in [1.165, 1.54) is 13.0 Å². The van der Waals surface area contributed by atoms with E-state index in [9.17, 15) is 75.1 Å². The molecule has 0 aromatic carbocycles. The quantitative estimate of drug-likeness (QED) is 0.135. The van der Waals surface area contributed by atoms with E-state index in [2.05, 4.69) is 0 Å². The number of carbonyl (C=O) groups excluding carboxylic acids is 1. The minimum atomic E-state index is -4.82. The smallest absolute Gasteiger partial charge is 0.433 e. The number of hydrogen-bond acceptors (Lipinski definition) is 19. The normalized spacial score (nSPS) is 42.2. The molecule has 3 aliphatic heterocycles. The molecule has 24 heteroatoms. The highest BCUT2D eigenvalue weighted by Gasteiger charge is 2.51. The predicted molar refractivity (Wildman–Crippen MR) is 257 cm³/mol. The Bertz CT molecular complexity index is 1940. The second kappa shape index (κ2) is 31.2. The van der Waals surface area contributed by atoms with Gasteiger partial charge in [0.1, 0.15) is 18.1 Å². The van der Waals surface area contributed by atoms with Crippen LogP contribution in [0, 0.1) is 17.8 Å². The Morgan fingerprint density at radius 2 is 1.17 bits per heavy atom. The van der Waals surface area contributed by atoms with Gasteiger partial charge in [-0.05, 0) is 39.5 Å². The van der Waals surface area contributed by atoms with Crippen LogP contribution in [0.25, 0.3) is 0 Å². The van der Waals surface area contributed by atoms with Crippen LogP contribution in [0.4, 0.5) is 4.79 Å². The highest BCUT2D eigenvalue weighted by Crippen LogP contribution is 2.38. The summed E-state index contributed by atoms with van der Waals surface area (Å²) in [5.74, 6) is -6.88. The molecule has 2 fully saturated rings. The van der Waals surface area contributed by atoms with Crippen LogP contribution in [0.1, 0.15) is 79.1 Å². The molecule has 0 aliphatic carbocycles. The molecule has 16 N–H and O–H groups in total. The number of carboxylic acids is 1. The third-order valence-corrected chi connectivity index (χ3v) is 12.8. The summed E-state index contributed by atoms with van der Waals surface area (Å²) < 4.78 is 32.6. The van der Waals surface area contributed by atoms with E-state index in [0.717, 1.165) is 0 Å². The Labute approximate surface area is 418 Å². The topological polar surface area (TPSA) is 414 Å². The number of ether oxygens (including phenoxy) is 4. The van der Waals surface area contributed by atoms with Gasteiger partial charge in [0, 0.05) is 31.1 Å². The zero-order valence-corrected chi connectivity index (χ0v) is 41.6. The maximum Gasteiger partial charge on any atom is 0.433 e. The molecule has 2 bridgehead atoms. The van der Waals surface area contributed by atoms with Gasteiger partial charge in [-0.1, -0.05) is 98.9 Å². The molecule has 0 radical (unpaired) electrons. The molecule has 23 nitrogen and oxygen atoms in total. The molecule has 3 rings (SSSR count). The summed E-state index contributed by atoms with van der Waals surface area (Å²) in [6.45, 7) is 6.74. The molecule has 0 amide bonds. The third kappa shape index (κ3) is 22.7. The van der Waals surface area contributed by atoms with E-state index in [4.69, 9.17) is 39.6 Å². The number of allylic oxidation sites excluding steroid dienone is 12. The number of esters is 1. The number of rotatable bonds is 4. The van der Waals surface area contributed by atoms with Crippen LogP contribution in [0.2, 0.25) is 0 Å². The van der Waals surface area contributed by atoms with Crippen LogP contribution < -0.4 is 5.73 Å². The summed E-state index contributed by atoms with van der Waals surface area (Å²) in [6.07, 6.45) is 3.49. The first-order valence-corrected chi connectivity index (χ1v) is 25.2. The van der Waals surface area contributed by atoms with Crippen LogP contribution in [-0.4, -0.2) is 186 Å². The number of cyclic esters (lactones) is 1. The monoisotopic (exact) mass is 1050 g/mol. The van der Waals surface area contributed by atoms with Crippen LogP contribution in [0.15, 0.2) is 85.1 Å². The second-order valence-electron chi connectivity index (χ2n) is 18.4. The van der Waals surface area contributed by atoms with Crippen LogP contribution in [0.3, 0.4) is 0 Å². The van der Waals surface area contributed by atoms with Crippen molar-refractivity contribution in [3.63, 3.8) is 0 Å². The number of aliphatic hydroxyl groups is 10. The molecule has 19 atom stereocenters. The van der Waals surface area contributed by atoms with Crippen LogP contribution in [-0.2, 0) is 33.1 Å². The number of aliphatic carboxylic acids is 1. The lowest BCUT2D eigenvalue weighted by Gasteiger charge is -2.45. The maximum absolute atomic E-state index is 12.6. The minimum Gasteiger partial charge on any atom is -0.481 e. The van der Waals surface area contributed by atoms with Crippen LogP contribution >= 0.6 is 7.60 Å². The Morgan fingerprint density at radius 1 is 0.667 bits per heavy atom. The average Bonchev–Trinajstić information content (AvgIpc) is 3.27. The fraction of sp³-hybridized carbons (Fsp3) is 0.646. The highest BCUT2D eigenvalue weighted by molar-refractivity contribution is 7.69. The number of carboxylic acid groups (broad SMARTS) is 2. The summed E-state index contributed by atoms with van der Waals surface area (Å²) in [6, 6.07) is -1.15. The fourth-order valence-corrected chi connectivity index (χ4v) is 7.96. The van der Waals surface area contributed by atoms with E-state index >= 15 is 0 Å². The molecule has 72 heavy (non-hydrogen) atoms. The van der Waals surface area contributed by atoms with Crippen molar-refractivity contribution in [1.82, 2.24) is 0 Å². The van der Waals surface area contributed by atoms with Gasteiger partial charge in [-0.15, -0.1) is 0 Å². The van der Waals surface area contributed by atoms with Gasteiger partial charge in [0.05, 0.1) is 79.6 Å². The van der Waals surface area contributed by atoms with Gasteiger partial charge < -0.3 is 95.7 Å². The largest absolute Gasteiger partial charge is 0.481 e. The van der Waals surface area contributed by atoms with Crippen molar-refractivity contribution in [2.24, 2.45) is 23.5 Å². The zero-order valence-electron chi connectivity index (χ0n) is 40.7. The zero-order chi connectivity index (χ0) is 54.5. The van der Waals surface area contributed by atoms with Gasteiger partial charge in [0.25, 0.3) is 0 Å². The van der Waals surface area contributed by atoms with Crippen molar-refractivity contribution in [1.29, 1.82) is 0 Å². The van der Waals surface area contributed by atoms with Crippen molar-refractivity contribution in [3.05, 3.63) is 85.1 Å². The van der Waals surface area contributed by atoms with Crippen molar-refractivity contribution in [3.8, 4) is 0 Å². The lowest BCUT2D eigenvalue weighted by atomic mass is 9.82. The molecule has 3 aliphatic rings. The number of fused-ring (bicyclic) bond motifs is 2. The molecule has 0 aromatic heterocycles. The summed E-state index contributed by atoms with van der Waals surface area (Å²) >= 11 is 0. The van der Waals surface area contributed by atoms with E-state index in [0.29, 0.717) is 0 Å². The standard InChI is InChI=1S/C47H73NO17.CH3O5P/c1-27-17-15-13-11-9-7-5-6-8-10-12-14-16-18-34(64-46-44(58)41(48)43(57)30(4)63-46)24-38-40(45(59)60)37(54)26-47(61,65-38)25-36(53)35(52)20-19-31(49)21-32(50)22-33(51)23-39(55)62-29(3)28(2)42(27)56;2-1(3)7(4,5)6/h5-18,27-38,40-44,46,49-54,56-58,61H,19-26,48H2,1-4H3,(H,59,60);(H,2,3)(H2,4,5,6)/b6-5+,9-7+,10-8+,13-11+,14-12+,17-15+,18-16+;/t27-,28-,29-,30+,31?,32?,33?,34-,35?,36?,37?,38?,40?,41-,42+,43+,44-,46-,47+;/m0./s1. The van der Waals surface area contributed by atoms with E-state index in [-0.39, 0.29) is 38.0 Å². The van der Waals surface area contributed by atoms with E-state index in [1.54, 1.807) is 86.8 Å². The number of aliphatic hydroxyl groups excluding tert-OH is 9. The first kappa shape index (κ1) is 64.3. The van der Waals surface area contributed by atoms with Gasteiger partial charge in [-0.3, -0.25) is 9.59 Å². The van der Waals surface area contributed by atoms with Crippen molar-refractivity contribution in [2.45, 2.75) is 177 Å². The van der Waals surface area contributed by atoms with Crippen molar-refractivity contribution >= 4 is 25.2 Å². The predicted octanol–water partition coefficient (Wildman–Crippen LogP) is 0.554. The lowest BCUT2D eigenvalue weighted by Crippen LogP contribution is -2.61. The fourth-order valence-electron chi connectivity index (χ4n) is 7.96. The summed E-state index contributed by atoms with van der Waals surface area (Å²) in [5.41, 5.74) is 3.93. The van der Waals surface area contributed by atoms with E-state index < -0.39 is 154 Å². The molecule has 0 saturated carbocycles. The molecule has 8 unspecified atom stereocenters. The number of nitrogens with two attached hydrogens (primary N) is 1. The summed E-state index contributed by atoms with van der Waals surface area (Å²) in [7, 11) is -4.82. The maximum atomic E-state index is 12.6. The first-order valence-electron chi connectivity index (χ1n) is 23.6. The summed E-state index contributed by atoms with van der Waals surface area (Å²) in [5, 5.41) is 126. The van der Waals surface area contributed by atoms with Gasteiger partial charge >= 0.3 is 25.2 Å². The number of carbonyl (C=O) groups is 3. The lowest BCUT2D eigenvalue weighted by molar-refractivity contribution is -0.310. The highest BCUT2D eigenvalue weighted by atomic mass is 31.2. The molecule has 410 valence electrons. The molecule has 2 saturated heterocycles.